The molecule has 0 saturated heterocycles. The molecule has 0 fully saturated rings. The van der Waals surface area contributed by atoms with Crippen LogP contribution in [-0.4, -0.2) is 9.97 Å². The van der Waals surface area contributed by atoms with Crippen molar-refractivity contribution in [1.29, 1.82) is 0 Å². The third-order valence-electron chi connectivity index (χ3n) is 2.42. The van der Waals surface area contributed by atoms with Crippen LogP contribution in [0.3, 0.4) is 0 Å². The molecule has 3 nitrogen and oxygen atoms in total. The van der Waals surface area contributed by atoms with Crippen molar-refractivity contribution in [2.24, 2.45) is 0 Å². The molecule has 0 aliphatic heterocycles. The van der Waals surface area contributed by atoms with Crippen molar-refractivity contribution >= 4 is 28.8 Å². The molecular formula is C12H14ClN3S. The number of aryl methyl sites for hydroxylation is 2. The molecule has 0 unspecified atom stereocenters. The summed E-state index contributed by atoms with van der Waals surface area (Å²) in [6, 6.07) is 4.24. The Bertz CT molecular complexity index is 537. The molecule has 5 heteroatoms. The molecule has 0 aliphatic carbocycles. The number of hydrogen-bond acceptors (Lipinski definition) is 4. The van der Waals surface area contributed by atoms with Gasteiger partial charge in [0.1, 0.15) is 16.8 Å². The first kappa shape index (κ1) is 12.3. The Labute approximate surface area is 110 Å². The maximum Gasteiger partial charge on any atom is 0.137 e. The molecule has 0 spiro atoms. The van der Waals surface area contributed by atoms with Crippen LogP contribution in [0.15, 0.2) is 12.1 Å². The van der Waals surface area contributed by atoms with E-state index in [0.29, 0.717) is 11.0 Å². The zero-order valence-electron chi connectivity index (χ0n) is 10.0. The van der Waals surface area contributed by atoms with Gasteiger partial charge in [-0.3, -0.25) is 0 Å². The number of thiophene rings is 1. The Hall–Kier alpha value is -1.13. The highest BCUT2D eigenvalue weighted by Gasteiger charge is 2.07. The molecule has 0 saturated carbocycles. The van der Waals surface area contributed by atoms with Gasteiger partial charge in [0.15, 0.2) is 0 Å². The van der Waals surface area contributed by atoms with Crippen LogP contribution in [0.25, 0.3) is 0 Å². The van der Waals surface area contributed by atoms with Crippen LogP contribution in [-0.2, 0) is 6.54 Å². The van der Waals surface area contributed by atoms with Crippen LogP contribution in [0.4, 0.5) is 5.82 Å². The summed E-state index contributed by atoms with van der Waals surface area (Å²) in [6.07, 6.45) is 0. The minimum Gasteiger partial charge on any atom is -0.365 e. The molecule has 2 rings (SSSR count). The van der Waals surface area contributed by atoms with Gasteiger partial charge in [0, 0.05) is 15.3 Å². The largest absolute Gasteiger partial charge is 0.365 e. The molecule has 0 bridgehead atoms. The minimum atomic E-state index is 0.516. The van der Waals surface area contributed by atoms with Crippen molar-refractivity contribution in [2.45, 2.75) is 27.3 Å². The number of aromatic nitrogens is 2. The Kier molecular flexibility index (Phi) is 3.64. The molecule has 0 aliphatic rings. The number of nitrogens with one attached hydrogen (secondary N) is 1. The van der Waals surface area contributed by atoms with Crippen molar-refractivity contribution in [1.82, 2.24) is 9.97 Å². The summed E-state index contributed by atoms with van der Waals surface area (Å²) in [6.45, 7) is 6.63. The number of halogens is 1. The fourth-order valence-corrected chi connectivity index (χ4v) is 2.56. The van der Waals surface area contributed by atoms with Crippen molar-refractivity contribution < 1.29 is 0 Å². The molecule has 2 aromatic rings. The minimum absolute atomic E-state index is 0.516. The predicted molar refractivity (Wildman–Crippen MR) is 72.9 cm³/mol. The molecule has 2 heterocycles. The summed E-state index contributed by atoms with van der Waals surface area (Å²) in [5.41, 5.74) is 0.894. The normalized spacial score (nSPS) is 10.6. The standard InChI is InChI=1S/C12H14ClN3S/c1-7-4-5-10(17-7)6-14-12-8(2)11(13)15-9(3)16-12/h4-5H,6H2,1-3H3,(H,14,15,16). The van der Waals surface area contributed by atoms with E-state index in [0.717, 1.165) is 17.9 Å². The van der Waals surface area contributed by atoms with E-state index < -0.39 is 0 Å². The van der Waals surface area contributed by atoms with Crippen LogP contribution in [0, 0.1) is 20.8 Å². The second kappa shape index (κ2) is 5.02. The third-order valence-corrected chi connectivity index (χ3v) is 3.79. The van der Waals surface area contributed by atoms with E-state index in [2.05, 4.69) is 34.3 Å². The van der Waals surface area contributed by atoms with E-state index >= 15 is 0 Å². The maximum atomic E-state index is 6.02. The Morgan fingerprint density at radius 2 is 2.00 bits per heavy atom. The first-order valence-corrected chi connectivity index (χ1v) is 6.55. The van der Waals surface area contributed by atoms with Crippen LogP contribution >= 0.6 is 22.9 Å². The van der Waals surface area contributed by atoms with Crippen LogP contribution in [0.2, 0.25) is 5.15 Å². The van der Waals surface area contributed by atoms with Crippen LogP contribution in [0.1, 0.15) is 21.1 Å². The summed E-state index contributed by atoms with van der Waals surface area (Å²) in [5, 5.41) is 3.82. The molecule has 2 aromatic heterocycles. The van der Waals surface area contributed by atoms with E-state index in [1.165, 1.54) is 9.75 Å². The van der Waals surface area contributed by atoms with E-state index in [-0.39, 0.29) is 0 Å². The SMILES string of the molecule is Cc1nc(Cl)c(C)c(NCc2ccc(C)s2)n1. The van der Waals surface area contributed by atoms with Crippen molar-refractivity contribution in [3.05, 3.63) is 38.4 Å². The summed E-state index contributed by atoms with van der Waals surface area (Å²) in [5.74, 6) is 1.50. The average molecular weight is 268 g/mol. The van der Waals surface area contributed by atoms with Gasteiger partial charge in [-0.2, -0.15) is 0 Å². The number of hydrogen-bond donors (Lipinski definition) is 1. The van der Waals surface area contributed by atoms with E-state index in [1.807, 2.05) is 13.8 Å². The number of nitrogens with zero attached hydrogens (tertiary/aromatic N) is 2. The second-order valence-electron chi connectivity index (χ2n) is 3.90. The van der Waals surface area contributed by atoms with Gasteiger partial charge in [-0.25, -0.2) is 9.97 Å². The van der Waals surface area contributed by atoms with E-state index in [4.69, 9.17) is 11.6 Å². The zero-order valence-corrected chi connectivity index (χ0v) is 11.6. The molecule has 90 valence electrons. The smallest absolute Gasteiger partial charge is 0.137 e. The highest BCUT2D eigenvalue weighted by atomic mass is 35.5. The fraction of sp³-hybridized carbons (Fsp3) is 0.333. The monoisotopic (exact) mass is 267 g/mol. The molecule has 0 amide bonds. The maximum absolute atomic E-state index is 6.02. The molecule has 1 N–H and O–H groups in total. The van der Waals surface area contributed by atoms with Gasteiger partial charge in [-0.05, 0) is 32.9 Å². The van der Waals surface area contributed by atoms with Gasteiger partial charge in [-0.1, -0.05) is 11.6 Å². The Morgan fingerprint density at radius 1 is 1.24 bits per heavy atom. The lowest BCUT2D eigenvalue weighted by molar-refractivity contribution is 1.01. The van der Waals surface area contributed by atoms with E-state index in [1.54, 1.807) is 11.3 Å². The zero-order chi connectivity index (χ0) is 12.4. The Balaban J connectivity index is 2.14. The van der Waals surface area contributed by atoms with Gasteiger partial charge in [-0.15, -0.1) is 11.3 Å². The number of rotatable bonds is 3. The third kappa shape index (κ3) is 2.96. The average Bonchev–Trinajstić information content (AvgIpc) is 2.67. The van der Waals surface area contributed by atoms with Crippen molar-refractivity contribution in [2.75, 3.05) is 5.32 Å². The predicted octanol–water partition coefficient (Wildman–Crippen LogP) is 3.73. The summed E-state index contributed by atoms with van der Waals surface area (Å²) < 4.78 is 0. The van der Waals surface area contributed by atoms with Gasteiger partial charge in [0.05, 0.1) is 6.54 Å². The highest BCUT2D eigenvalue weighted by Crippen LogP contribution is 2.21. The molecular weight excluding hydrogens is 254 g/mol. The lowest BCUT2D eigenvalue weighted by Gasteiger charge is -2.09. The van der Waals surface area contributed by atoms with Gasteiger partial charge in [0.2, 0.25) is 0 Å². The summed E-state index contributed by atoms with van der Waals surface area (Å²) in [4.78, 5) is 11.1. The van der Waals surface area contributed by atoms with Crippen LogP contribution < -0.4 is 5.32 Å². The first-order chi connectivity index (χ1) is 8.06. The highest BCUT2D eigenvalue weighted by molar-refractivity contribution is 7.11. The van der Waals surface area contributed by atoms with Gasteiger partial charge in [0.25, 0.3) is 0 Å². The van der Waals surface area contributed by atoms with Crippen molar-refractivity contribution in [3.8, 4) is 0 Å². The fourth-order valence-electron chi connectivity index (χ4n) is 1.52. The van der Waals surface area contributed by atoms with Crippen molar-refractivity contribution in [3.63, 3.8) is 0 Å². The van der Waals surface area contributed by atoms with Gasteiger partial charge < -0.3 is 5.32 Å². The lowest BCUT2D eigenvalue weighted by Crippen LogP contribution is -2.04. The first-order valence-electron chi connectivity index (χ1n) is 5.36. The lowest BCUT2D eigenvalue weighted by atomic mass is 10.3. The molecule has 17 heavy (non-hydrogen) atoms. The summed E-state index contributed by atoms with van der Waals surface area (Å²) >= 11 is 7.80. The molecule has 0 atom stereocenters. The van der Waals surface area contributed by atoms with Crippen LogP contribution in [0.5, 0.6) is 0 Å². The topological polar surface area (TPSA) is 37.8 Å². The second-order valence-corrected chi connectivity index (χ2v) is 5.63. The Morgan fingerprint density at radius 3 is 2.65 bits per heavy atom. The van der Waals surface area contributed by atoms with E-state index in [9.17, 15) is 0 Å². The van der Waals surface area contributed by atoms with Gasteiger partial charge >= 0.3 is 0 Å². The number of anilines is 1. The molecule has 0 radical (unpaired) electrons. The summed E-state index contributed by atoms with van der Waals surface area (Å²) in [7, 11) is 0. The quantitative estimate of drug-likeness (QED) is 0.861. The molecule has 0 aromatic carbocycles.